The lowest BCUT2D eigenvalue weighted by Gasteiger charge is -2.19. The van der Waals surface area contributed by atoms with E-state index in [1.807, 2.05) is 0 Å². The Kier molecular flexibility index (Phi) is 3.66. The number of anilines is 1. The van der Waals surface area contributed by atoms with E-state index in [1.54, 1.807) is 37.7 Å². The van der Waals surface area contributed by atoms with Crippen LogP contribution < -0.4 is 5.73 Å². The van der Waals surface area contributed by atoms with Crippen molar-refractivity contribution in [3.63, 3.8) is 0 Å². The van der Waals surface area contributed by atoms with Gasteiger partial charge in [-0.1, -0.05) is 6.07 Å². The minimum Gasteiger partial charge on any atom is -0.369 e. The van der Waals surface area contributed by atoms with Crippen LogP contribution in [0.15, 0.2) is 23.1 Å². The molecule has 0 aliphatic carbocycles. The largest absolute Gasteiger partial charge is 0.369 e. The fraction of sp³-hybridized carbons (Fsp3) is 0.385. The summed E-state index contributed by atoms with van der Waals surface area (Å²) >= 11 is 0. The molecular formula is C13H18N4O3S. The Morgan fingerprint density at radius 3 is 2.52 bits per heavy atom. The van der Waals surface area contributed by atoms with E-state index in [0.717, 1.165) is 6.26 Å². The van der Waals surface area contributed by atoms with Crippen LogP contribution in [0.5, 0.6) is 0 Å². The number of imidazole rings is 1. The Morgan fingerprint density at radius 1 is 1.38 bits per heavy atom. The zero-order chi connectivity index (χ0) is 15.9. The fourth-order valence-electron chi connectivity index (χ4n) is 2.30. The number of aromatic nitrogens is 2. The molecule has 0 saturated carbocycles. The number of amides is 1. The summed E-state index contributed by atoms with van der Waals surface area (Å²) in [6, 6.07) is 4.22. The number of nitrogens with zero attached hydrogens (tertiary/aromatic N) is 3. The topological polar surface area (TPSA) is 98.3 Å². The van der Waals surface area contributed by atoms with Crippen LogP contribution in [0.3, 0.4) is 0 Å². The van der Waals surface area contributed by atoms with Crippen LogP contribution in [-0.4, -0.2) is 49.1 Å². The highest BCUT2D eigenvalue weighted by Crippen LogP contribution is 2.28. The van der Waals surface area contributed by atoms with Crippen LogP contribution in [0.2, 0.25) is 0 Å². The predicted molar refractivity (Wildman–Crippen MR) is 80.7 cm³/mol. The molecule has 8 heteroatoms. The van der Waals surface area contributed by atoms with Gasteiger partial charge in [0, 0.05) is 20.4 Å². The number of carbonyl (C=O) groups is 1. The molecule has 1 aromatic heterocycles. The van der Waals surface area contributed by atoms with Crippen molar-refractivity contribution in [2.24, 2.45) is 0 Å². The summed E-state index contributed by atoms with van der Waals surface area (Å²) < 4.78 is 25.2. The first-order valence-corrected chi connectivity index (χ1v) is 8.21. The molecule has 0 aliphatic rings. The molecule has 1 aromatic carbocycles. The first kappa shape index (κ1) is 15.3. The van der Waals surface area contributed by atoms with Gasteiger partial charge in [0.2, 0.25) is 11.9 Å². The van der Waals surface area contributed by atoms with Crippen LogP contribution in [-0.2, 0) is 14.6 Å². The number of hydrogen-bond acceptors (Lipinski definition) is 5. The standard InChI is InChI=1S/C13H18N4O3S/c1-8(12(18)16(2)3)17-9-6-5-7-10(21(4,19)20)11(9)15-13(17)14/h5-8H,1-4H3,(H2,14,15). The van der Waals surface area contributed by atoms with Gasteiger partial charge in [-0.05, 0) is 19.1 Å². The number of carbonyl (C=O) groups excluding carboxylic acids is 1. The minimum atomic E-state index is -3.42. The van der Waals surface area contributed by atoms with Gasteiger partial charge < -0.3 is 10.6 Å². The Balaban J connectivity index is 2.73. The first-order chi connectivity index (χ1) is 9.64. The van der Waals surface area contributed by atoms with E-state index in [4.69, 9.17) is 5.73 Å². The van der Waals surface area contributed by atoms with Crippen molar-refractivity contribution in [1.82, 2.24) is 14.5 Å². The van der Waals surface area contributed by atoms with Gasteiger partial charge in [-0.25, -0.2) is 13.4 Å². The third-order valence-corrected chi connectivity index (χ3v) is 4.42. The molecule has 0 aliphatic heterocycles. The second-order valence-electron chi connectivity index (χ2n) is 5.14. The van der Waals surface area contributed by atoms with Crippen LogP contribution in [0.1, 0.15) is 13.0 Å². The second kappa shape index (κ2) is 5.03. The lowest BCUT2D eigenvalue weighted by Crippen LogP contribution is -2.30. The van der Waals surface area contributed by atoms with E-state index in [0.29, 0.717) is 5.52 Å². The van der Waals surface area contributed by atoms with Crippen LogP contribution >= 0.6 is 0 Å². The minimum absolute atomic E-state index is 0.106. The Bertz CT molecular complexity index is 808. The molecule has 7 nitrogen and oxygen atoms in total. The third kappa shape index (κ3) is 2.58. The number of rotatable bonds is 3. The Hall–Kier alpha value is -2.09. The number of sulfone groups is 1. The van der Waals surface area contributed by atoms with E-state index < -0.39 is 15.9 Å². The summed E-state index contributed by atoms with van der Waals surface area (Å²) in [6.07, 6.45) is 1.12. The second-order valence-corrected chi connectivity index (χ2v) is 7.13. The highest BCUT2D eigenvalue weighted by molar-refractivity contribution is 7.91. The summed E-state index contributed by atoms with van der Waals surface area (Å²) in [5.41, 5.74) is 6.70. The summed E-state index contributed by atoms with van der Waals surface area (Å²) in [7, 11) is -0.124. The lowest BCUT2D eigenvalue weighted by molar-refractivity contribution is -0.131. The number of para-hydroxylation sites is 1. The lowest BCUT2D eigenvalue weighted by atomic mass is 10.2. The third-order valence-electron chi connectivity index (χ3n) is 3.30. The van der Waals surface area contributed by atoms with Crippen molar-refractivity contribution < 1.29 is 13.2 Å². The van der Waals surface area contributed by atoms with Crippen molar-refractivity contribution in [3.05, 3.63) is 18.2 Å². The molecule has 0 bridgehead atoms. The summed E-state index contributed by atoms with van der Waals surface area (Å²) in [4.78, 5) is 17.8. The van der Waals surface area contributed by atoms with E-state index in [2.05, 4.69) is 4.98 Å². The average molecular weight is 310 g/mol. The average Bonchev–Trinajstić information content (AvgIpc) is 2.71. The van der Waals surface area contributed by atoms with Gasteiger partial charge in [-0.3, -0.25) is 9.36 Å². The Morgan fingerprint density at radius 2 is 2.00 bits per heavy atom. The first-order valence-electron chi connectivity index (χ1n) is 6.32. The molecule has 2 aromatic rings. The fourth-order valence-corrected chi connectivity index (χ4v) is 3.13. The van der Waals surface area contributed by atoms with Gasteiger partial charge in [0.25, 0.3) is 0 Å². The number of benzene rings is 1. The number of likely N-dealkylation sites (N-methyl/N-ethyl adjacent to an activating group) is 1. The zero-order valence-corrected chi connectivity index (χ0v) is 13.2. The highest BCUT2D eigenvalue weighted by Gasteiger charge is 2.24. The SMILES string of the molecule is CC(C(=O)N(C)C)n1c(N)nc2c(S(C)(=O)=O)cccc21. The van der Waals surface area contributed by atoms with Crippen molar-refractivity contribution in [1.29, 1.82) is 0 Å². The normalized spacial score (nSPS) is 13.3. The molecule has 21 heavy (non-hydrogen) atoms. The van der Waals surface area contributed by atoms with Crippen LogP contribution in [0.4, 0.5) is 5.95 Å². The monoisotopic (exact) mass is 310 g/mol. The molecule has 2 N–H and O–H groups in total. The molecule has 0 radical (unpaired) electrons. The van der Waals surface area contributed by atoms with Crippen molar-refractivity contribution >= 4 is 32.7 Å². The van der Waals surface area contributed by atoms with E-state index in [1.165, 1.54) is 11.0 Å². The molecule has 1 atom stereocenters. The maximum atomic E-state index is 12.1. The number of nitrogen functional groups attached to an aromatic ring is 1. The highest BCUT2D eigenvalue weighted by atomic mass is 32.2. The van der Waals surface area contributed by atoms with Crippen molar-refractivity contribution in [2.75, 3.05) is 26.1 Å². The molecule has 0 saturated heterocycles. The van der Waals surface area contributed by atoms with Gasteiger partial charge in [0.1, 0.15) is 11.6 Å². The molecule has 1 heterocycles. The number of fused-ring (bicyclic) bond motifs is 1. The molecule has 0 fully saturated rings. The maximum Gasteiger partial charge on any atom is 0.244 e. The van der Waals surface area contributed by atoms with Crippen molar-refractivity contribution in [2.45, 2.75) is 17.9 Å². The zero-order valence-electron chi connectivity index (χ0n) is 12.4. The van der Waals surface area contributed by atoms with Gasteiger partial charge in [-0.15, -0.1) is 0 Å². The summed E-state index contributed by atoms with van der Waals surface area (Å²) in [5.74, 6) is -0.0328. The van der Waals surface area contributed by atoms with E-state index in [-0.39, 0.29) is 22.3 Å². The molecule has 1 unspecified atom stereocenters. The molecular weight excluding hydrogens is 292 g/mol. The smallest absolute Gasteiger partial charge is 0.244 e. The molecule has 2 rings (SSSR count). The summed E-state index contributed by atoms with van der Waals surface area (Å²) in [6.45, 7) is 1.70. The van der Waals surface area contributed by atoms with E-state index >= 15 is 0 Å². The molecule has 0 spiro atoms. The van der Waals surface area contributed by atoms with Crippen LogP contribution in [0, 0.1) is 0 Å². The number of hydrogen-bond donors (Lipinski definition) is 1. The van der Waals surface area contributed by atoms with Crippen molar-refractivity contribution in [3.8, 4) is 0 Å². The van der Waals surface area contributed by atoms with Gasteiger partial charge in [-0.2, -0.15) is 0 Å². The maximum absolute atomic E-state index is 12.1. The van der Waals surface area contributed by atoms with Crippen LogP contribution in [0.25, 0.3) is 11.0 Å². The quantitative estimate of drug-likeness (QED) is 0.898. The predicted octanol–water partition coefficient (Wildman–Crippen LogP) is 0.671. The molecule has 1 amide bonds. The Labute approximate surface area is 123 Å². The number of nitrogens with two attached hydrogens (primary N) is 1. The molecule has 114 valence electrons. The van der Waals surface area contributed by atoms with Gasteiger partial charge in [0.05, 0.1) is 10.4 Å². The van der Waals surface area contributed by atoms with E-state index in [9.17, 15) is 13.2 Å². The summed E-state index contributed by atoms with van der Waals surface area (Å²) in [5, 5.41) is 0. The van der Waals surface area contributed by atoms with Gasteiger partial charge >= 0.3 is 0 Å². The van der Waals surface area contributed by atoms with Gasteiger partial charge in [0.15, 0.2) is 9.84 Å².